The topological polar surface area (TPSA) is 34.2 Å². The summed E-state index contributed by atoms with van der Waals surface area (Å²) < 4.78 is 5.38. The van der Waals surface area contributed by atoms with E-state index in [1.54, 1.807) is 0 Å². The van der Waals surface area contributed by atoms with Crippen LogP contribution in [0.15, 0.2) is 6.20 Å². The average Bonchev–Trinajstić information content (AvgIpc) is 2.79. The highest BCUT2D eigenvalue weighted by molar-refractivity contribution is 7.11. The van der Waals surface area contributed by atoms with Gasteiger partial charge in [-0.25, -0.2) is 4.98 Å². The van der Waals surface area contributed by atoms with Crippen molar-refractivity contribution in [2.75, 3.05) is 26.8 Å². The Morgan fingerprint density at radius 1 is 1.50 bits per heavy atom. The fourth-order valence-corrected chi connectivity index (χ4v) is 3.14. The van der Waals surface area contributed by atoms with Gasteiger partial charge in [0.05, 0.1) is 5.01 Å². The SMILES string of the molecule is CNCCCc1cnc(C2CCOCC2)s1. The third kappa shape index (κ3) is 3.27. The number of hydrogen-bond acceptors (Lipinski definition) is 4. The van der Waals surface area contributed by atoms with Crippen LogP contribution < -0.4 is 5.32 Å². The van der Waals surface area contributed by atoms with Gasteiger partial charge in [0, 0.05) is 30.2 Å². The van der Waals surface area contributed by atoms with Crippen molar-refractivity contribution in [1.29, 1.82) is 0 Å². The van der Waals surface area contributed by atoms with Gasteiger partial charge < -0.3 is 10.1 Å². The van der Waals surface area contributed by atoms with Crippen LogP contribution in [-0.2, 0) is 11.2 Å². The van der Waals surface area contributed by atoms with Gasteiger partial charge in [-0.3, -0.25) is 0 Å². The predicted octanol–water partition coefficient (Wildman–Crippen LogP) is 2.19. The van der Waals surface area contributed by atoms with Gasteiger partial charge in [0.2, 0.25) is 0 Å². The second-order valence-electron chi connectivity index (χ2n) is 4.26. The summed E-state index contributed by atoms with van der Waals surface area (Å²) in [5, 5.41) is 4.50. The Morgan fingerprint density at radius 2 is 2.31 bits per heavy atom. The lowest BCUT2D eigenvalue weighted by Gasteiger charge is -2.19. The number of rotatable bonds is 5. The Balaban J connectivity index is 1.85. The first-order valence-electron chi connectivity index (χ1n) is 6.07. The van der Waals surface area contributed by atoms with Crippen LogP contribution in [0.1, 0.15) is 35.1 Å². The number of aromatic nitrogens is 1. The fourth-order valence-electron chi connectivity index (χ4n) is 2.01. The molecule has 1 saturated heterocycles. The predicted molar refractivity (Wildman–Crippen MR) is 67.2 cm³/mol. The lowest BCUT2D eigenvalue weighted by atomic mass is 10.0. The van der Waals surface area contributed by atoms with Crippen molar-refractivity contribution in [2.24, 2.45) is 0 Å². The molecule has 1 N–H and O–H groups in total. The zero-order valence-corrected chi connectivity index (χ0v) is 10.7. The summed E-state index contributed by atoms with van der Waals surface area (Å²) in [6.45, 7) is 2.89. The van der Waals surface area contributed by atoms with Gasteiger partial charge in [0.15, 0.2) is 0 Å². The van der Waals surface area contributed by atoms with E-state index in [1.807, 2.05) is 18.4 Å². The number of aryl methyl sites for hydroxylation is 1. The summed E-state index contributed by atoms with van der Waals surface area (Å²) in [5.74, 6) is 0.650. The lowest BCUT2D eigenvalue weighted by Crippen LogP contribution is -2.13. The molecule has 2 rings (SSSR count). The molecule has 0 bridgehead atoms. The van der Waals surface area contributed by atoms with E-state index >= 15 is 0 Å². The first-order chi connectivity index (χ1) is 7.90. The molecule has 1 fully saturated rings. The summed E-state index contributed by atoms with van der Waals surface area (Å²) in [5.41, 5.74) is 0. The van der Waals surface area contributed by atoms with Crippen LogP contribution in [0, 0.1) is 0 Å². The summed E-state index contributed by atoms with van der Waals surface area (Å²) >= 11 is 1.90. The Bertz CT molecular complexity index is 308. The molecule has 0 radical (unpaired) electrons. The van der Waals surface area contributed by atoms with Crippen LogP contribution in [0.2, 0.25) is 0 Å². The number of nitrogens with one attached hydrogen (secondary N) is 1. The minimum Gasteiger partial charge on any atom is -0.381 e. The van der Waals surface area contributed by atoms with Gasteiger partial charge in [-0.1, -0.05) is 0 Å². The summed E-state index contributed by atoms with van der Waals surface area (Å²) in [6.07, 6.45) is 6.70. The molecule has 1 aromatic heterocycles. The standard InChI is InChI=1S/C12H20N2OS/c1-13-6-2-3-11-9-14-12(16-11)10-4-7-15-8-5-10/h9-10,13H,2-8H2,1H3. The highest BCUT2D eigenvalue weighted by atomic mass is 32.1. The van der Waals surface area contributed by atoms with Crippen LogP contribution in [0.25, 0.3) is 0 Å². The molecule has 3 nitrogen and oxygen atoms in total. The van der Waals surface area contributed by atoms with Gasteiger partial charge >= 0.3 is 0 Å². The third-order valence-electron chi connectivity index (χ3n) is 2.99. The third-order valence-corrected chi connectivity index (χ3v) is 4.21. The van der Waals surface area contributed by atoms with Gasteiger partial charge in [-0.05, 0) is 39.3 Å². The van der Waals surface area contributed by atoms with Crippen molar-refractivity contribution in [2.45, 2.75) is 31.6 Å². The smallest absolute Gasteiger partial charge is 0.0960 e. The van der Waals surface area contributed by atoms with E-state index in [4.69, 9.17) is 4.74 Å². The van der Waals surface area contributed by atoms with E-state index in [2.05, 4.69) is 16.5 Å². The highest BCUT2D eigenvalue weighted by Gasteiger charge is 2.18. The van der Waals surface area contributed by atoms with Crippen molar-refractivity contribution in [1.82, 2.24) is 10.3 Å². The van der Waals surface area contributed by atoms with Gasteiger partial charge in [0.25, 0.3) is 0 Å². The summed E-state index contributed by atoms with van der Waals surface area (Å²) in [4.78, 5) is 5.99. The number of ether oxygens (including phenoxy) is 1. The van der Waals surface area contributed by atoms with E-state index in [0.29, 0.717) is 5.92 Å². The number of nitrogens with zero attached hydrogens (tertiary/aromatic N) is 1. The maximum absolute atomic E-state index is 5.38. The first-order valence-corrected chi connectivity index (χ1v) is 6.88. The van der Waals surface area contributed by atoms with E-state index in [9.17, 15) is 0 Å². The molecule has 90 valence electrons. The molecule has 16 heavy (non-hydrogen) atoms. The molecule has 1 aliphatic heterocycles. The minimum absolute atomic E-state index is 0.650. The molecule has 0 atom stereocenters. The van der Waals surface area contributed by atoms with Crippen LogP contribution in [0.5, 0.6) is 0 Å². The average molecular weight is 240 g/mol. The zero-order valence-electron chi connectivity index (χ0n) is 9.87. The summed E-state index contributed by atoms with van der Waals surface area (Å²) in [7, 11) is 2.00. The molecular weight excluding hydrogens is 220 g/mol. The molecule has 1 aromatic rings. The molecule has 0 amide bonds. The molecule has 0 aliphatic carbocycles. The molecule has 1 aliphatic rings. The Kier molecular flexibility index (Phi) is 4.75. The van der Waals surface area contributed by atoms with Crippen LogP contribution in [0.4, 0.5) is 0 Å². The van der Waals surface area contributed by atoms with Crippen molar-refractivity contribution >= 4 is 11.3 Å². The molecule has 0 saturated carbocycles. The van der Waals surface area contributed by atoms with Crippen molar-refractivity contribution in [3.05, 3.63) is 16.1 Å². The summed E-state index contributed by atoms with van der Waals surface area (Å²) in [6, 6.07) is 0. The fraction of sp³-hybridized carbons (Fsp3) is 0.750. The molecular formula is C12H20N2OS. The van der Waals surface area contributed by atoms with E-state index in [0.717, 1.165) is 39.0 Å². The first kappa shape index (κ1) is 12.0. The second kappa shape index (κ2) is 6.33. The van der Waals surface area contributed by atoms with Crippen molar-refractivity contribution in [3.63, 3.8) is 0 Å². The Hall–Kier alpha value is -0.450. The Labute approximate surface area is 101 Å². The quantitative estimate of drug-likeness (QED) is 0.801. The number of hydrogen-bond donors (Lipinski definition) is 1. The zero-order chi connectivity index (χ0) is 11.2. The second-order valence-corrected chi connectivity index (χ2v) is 5.41. The Morgan fingerprint density at radius 3 is 3.06 bits per heavy atom. The van der Waals surface area contributed by atoms with E-state index in [-0.39, 0.29) is 0 Å². The highest BCUT2D eigenvalue weighted by Crippen LogP contribution is 2.30. The lowest BCUT2D eigenvalue weighted by molar-refractivity contribution is 0.0853. The van der Waals surface area contributed by atoms with Gasteiger partial charge in [-0.15, -0.1) is 11.3 Å². The minimum atomic E-state index is 0.650. The molecule has 2 heterocycles. The number of thiazole rings is 1. The molecule has 4 heteroatoms. The molecule has 0 spiro atoms. The van der Waals surface area contributed by atoms with Gasteiger partial charge in [-0.2, -0.15) is 0 Å². The monoisotopic (exact) mass is 240 g/mol. The van der Waals surface area contributed by atoms with Crippen LogP contribution >= 0.6 is 11.3 Å². The van der Waals surface area contributed by atoms with Crippen molar-refractivity contribution < 1.29 is 4.74 Å². The van der Waals surface area contributed by atoms with Gasteiger partial charge in [0.1, 0.15) is 0 Å². The molecule has 0 aromatic carbocycles. The largest absolute Gasteiger partial charge is 0.381 e. The van der Waals surface area contributed by atoms with E-state index < -0.39 is 0 Å². The molecule has 0 unspecified atom stereocenters. The van der Waals surface area contributed by atoms with Crippen molar-refractivity contribution in [3.8, 4) is 0 Å². The maximum Gasteiger partial charge on any atom is 0.0960 e. The maximum atomic E-state index is 5.38. The van der Waals surface area contributed by atoms with Crippen LogP contribution in [0.3, 0.4) is 0 Å². The van der Waals surface area contributed by atoms with Crippen LogP contribution in [-0.4, -0.2) is 31.8 Å². The van der Waals surface area contributed by atoms with E-state index in [1.165, 1.54) is 16.3 Å². The normalized spacial score (nSPS) is 17.8.